The summed E-state index contributed by atoms with van der Waals surface area (Å²) in [6.07, 6.45) is 5.26. The standard InChI is InChI=1S/C24H26F2N2O.ClH/c1-27-16-22(21-14-20(26)6-7-23(21)27)24(29)8-5-17-9-11-28(12-10-17)15-18-3-2-4-19(25)13-18;/h2-4,6-7,13-14,16-17H,5,8-12,15H2,1H3;1H. The van der Waals surface area contributed by atoms with Gasteiger partial charge < -0.3 is 4.57 Å². The summed E-state index contributed by atoms with van der Waals surface area (Å²) < 4.78 is 28.9. The van der Waals surface area contributed by atoms with Crippen molar-refractivity contribution >= 4 is 29.1 Å². The molecule has 4 rings (SSSR count). The Balaban J connectivity index is 0.00000256. The minimum Gasteiger partial charge on any atom is -0.350 e. The number of aryl methyl sites for hydroxylation is 1. The van der Waals surface area contributed by atoms with Gasteiger partial charge in [0.2, 0.25) is 0 Å². The first kappa shape index (κ1) is 22.4. The first-order chi connectivity index (χ1) is 14.0. The monoisotopic (exact) mass is 432 g/mol. The van der Waals surface area contributed by atoms with Crippen LogP contribution in [-0.4, -0.2) is 28.3 Å². The van der Waals surface area contributed by atoms with Gasteiger partial charge >= 0.3 is 0 Å². The predicted molar refractivity (Wildman–Crippen MR) is 118 cm³/mol. The number of carbonyl (C=O) groups is 1. The van der Waals surface area contributed by atoms with Gasteiger partial charge in [0.15, 0.2) is 5.78 Å². The summed E-state index contributed by atoms with van der Waals surface area (Å²) in [4.78, 5) is 15.1. The summed E-state index contributed by atoms with van der Waals surface area (Å²) in [7, 11) is 1.88. The largest absolute Gasteiger partial charge is 0.350 e. The molecule has 30 heavy (non-hydrogen) atoms. The van der Waals surface area contributed by atoms with Crippen LogP contribution in [0.15, 0.2) is 48.7 Å². The number of fused-ring (bicyclic) bond motifs is 1. The molecule has 6 heteroatoms. The number of aromatic nitrogens is 1. The second-order valence-electron chi connectivity index (χ2n) is 8.13. The molecule has 1 aromatic heterocycles. The average Bonchev–Trinajstić information content (AvgIpc) is 3.03. The minimum atomic E-state index is -0.316. The lowest BCUT2D eigenvalue weighted by Gasteiger charge is -2.32. The lowest BCUT2D eigenvalue weighted by Crippen LogP contribution is -2.33. The number of ketones is 1. The maximum atomic E-state index is 13.6. The Morgan fingerprint density at radius 3 is 2.53 bits per heavy atom. The molecule has 0 spiro atoms. The fraction of sp³-hybridized carbons (Fsp3) is 0.375. The van der Waals surface area contributed by atoms with E-state index in [-0.39, 0.29) is 29.8 Å². The smallest absolute Gasteiger partial charge is 0.165 e. The molecular formula is C24H27ClF2N2O. The molecule has 0 saturated carbocycles. The van der Waals surface area contributed by atoms with Gasteiger partial charge in [0.25, 0.3) is 0 Å². The van der Waals surface area contributed by atoms with Gasteiger partial charge in [-0.1, -0.05) is 12.1 Å². The quantitative estimate of drug-likeness (QED) is 0.463. The molecule has 0 atom stereocenters. The Kier molecular flexibility index (Phi) is 7.27. The van der Waals surface area contributed by atoms with Crippen molar-refractivity contribution in [3.63, 3.8) is 0 Å². The van der Waals surface area contributed by atoms with Gasteiger partial charge in [0, 0.05) is 42.7 Å². The molecule has 0 unspecified atom stereocenters. The van der Waals surface area contributed by atoms with Crippen LogP contribution in [0.4, 0.5) is 8.78 Å². The van der Waals surface area contributed by atoms with E-state index in [9.17, 15) is 13.6 Å². The number of hydrogen-bond donors (Lipinski definition) is 0. The van der Waals surface area contributed by atoms with E-state index >= 15 is 0 Å². The lowest BCUT2D eigenvalue weighted by molar-refractivity contribution is 0.0963. The number of piperidine rings is 1. The molecular weight excluding hydrogens is 406 g/mol. The Bertz CT molecular complexity index is 1030. The summed E-state index contributed by atoms with van der Waals surface area (Å²) in [6.45, 7) is 2.70. The molecule has 0 radical (unpaired) electrons. The van der Waals surface area contributed by atoms with Crippen molar-refractivity contribution in [1.82, 2.24) is 9.47 Å². The summed E-state index contributed by atoms with van der Waals surface area (Å²) in [5, 5.41) is 0.697. The first-order valence-electron chi connectivity index (χ1n) is 10.2. The lowest BCUT2D eigenvalue weighted by atomic mass is 9.90. The molecule has 1 saturated heterocycles. The van der Waals surface area contributed by atoms with Gasteiger partial charge in [-0.15, -0.1) is 12.4 Å². The van der Waals surface area contributed by atoms with Crippen molar-refractivity contribution in [2.75, 3.05) is 13.1 Å². The van der Waals surface area contributed by atoms with Gasteiger partial charge in [-0.25, -0.2) is 8.78 Å². The topological polar surface area (TPSA) is 25.2 Å². The zero-order valence-corrected chi connectivity index (χ0v) is 17.9. The number of nitrogens with zero attached hydrogens (tertiary/aromatic N) is 2. The Labute approximate surface area is 182 Å². The molecule has 2 heterocycles. The summed E-state index contributed by atoms with van der Waals surface area (Å²) >= 11 is 0. The van der Waals surface area contributed by atoms with E-state index in [1.54, 1.807) is 18.2 Å². The predicted octanol–water partition coefficient (Wildman–Crippen LogP) is 5.75. The normalized spacial score (nSPS) is 15.3. The third kappa shape index (κ3) is 5.08. The van der Waals surface area contributed by atoms with Gasteiger partial charge in [-0.05, 0) is 74.2 Å². The van der Waals surface area contributed by atoms with Gasteiger partial charge in [0.05, 0.1) is 0 Å². The SMILES string of the molecule is Cl.Cn1cc(C(=O)CCC2CCN(Cc3cccc(F)c3)CC2)c2cc(F)ccc21. The van der Waals surface area contributed by atoms with E-state index in [0.717, 1.165) is 50.0 Å². The molecule has 3 nitrogen and oxygen atoms in total. The third-order valence-electron chi connectivity index (χ3n) is 6.03. The second kappa shape index (κ2) is 9.71. The van der Waals surface area contributed by atoms with Crippen LogP contribution < -0.4 is 0 Å². The zero-order valence-electron chi connectivity index (χ0n) is 17.1. The molecule has 2 aromatic carbocycles. The van der Waals surface area contributed by atoms with E-state index in [1.807, 2.05) is 23.9 Å². The molecule has 0 aliphatic carbocycles. The number of carbonyl (C=O) groups excluding carboxylic acids is 1. The van der Waals surface area contributed by atoms with Crippen LogP contribution >= 0.6 is 12.4 Å². The second-order valence-corrected chi connectivity index (χ2v) is 8.13. The number of rotatable bonds is 6. The number of benzene rings is 2. The van der Waals surface area contributed by atoms with Gasteiger partial charge in [0.1, 0.15) is 11.6 Å². The maximum Gasteiger partial charge on any atom is 0.165 e. The van der Waals surface area contributed by atoms with E-state index < -0.39 is 0 Å². The zero-order chi connectivity index (χ0) is 20.4. The Morgan fingerprint density at radius 1 is 1.07 bits per heavy atom. The highest BCUT2D eigenvalue weighted by Gasteiger charge is 2.21. The van der Waals surface area contributed by atoms with Crippen LogP contribution in [0.5, 0.6) is 0 Å². The fourth-order valence-electron chi connectivity index (χ4n) is 4.38. The highest BCUT2D eigenvalue weighted by molar-refractivity contribution is 6.08. The number of hydrogen-bond acceptors (Lipinski definition) is 2. The molecule has 160 valence electrons. The minimum absolute atomic E-state index is 0. The molecule has 0 amide bonds. The summed E-state index contributed by atoms with van der Waals surface area (Å²) in [5.41, 5.74) is 2.49. The molecule has 3 aromatic rings. The maximum absolute atomic E-state index is 13.6. The Hall–Kier alpha value is -2.24. The van der Waals surface area contributed by atoms with E-state index in [4.69, 9.17) is 0 Å². The molecule has 0 bridgehead atoms. The first-order valence-corrected chi connectivity index (χ1v) is 10.2. The molecule has 0 N–H and O–H groups in total. The van der Waals surface area contributed by atoms with Crippen LogP contribution in [0, 0.1) is 17.6 Å². The van der Waals surface area contributed by atoms with Crippen molar-refractivity contribution in [2.24, 2.45) is 13.0 Å². The van der Waals surface area contributed by atoms with E-state index in [0.29, 0.717) is 23.3 Å². The van der Waals surface area contributed by atoms with Crippen molar-refractivity contribution in [3.8, 4) is 0 Å². The van der Waals surface area contributed by atoms with E-state index in [2.05, 4.69) is 4.90 Å². The van der Waals surface area contributed by atoms with Gasteiger partial charge in [-0.3, -0.25) is 9.69 Å². The molecule has 1 aliphatic heterocycles. The van der Waals surface area contributed by atoms with Crippen LogP contribution in [0.1, 0.15) is 41.6 Å². The van der Waals surface area contributed by atoms with E-state index in [1.165, 1.54) is 18.2 Å². The van der Waals surface area contributed by atoms with Crippen molar-refractivity contribution in [2.45, 2.75) is 32.2 Å². The summed E-state index contributed by atoms with van der Waals surface area (Å²) in [6, 6.07) is 11.4. The number of Topliss-reactive ketones (excluding diaryl/α,β-unsaturated/α-hetero) is 1. The average molecular weight is 433 g/mol. The van der Waals surface area contributed by atoms with Crippen LogP contribution in [0.25, 0.3) is 10.9 Å². The fourth-order valence-corrected chi connectivity index (χ4v) is 4.38. The van der Waals surface area contributed by atoms with Crippen molar-refractivity contribution in [3.05, 3.63) is 71.4 Å². The highest BCUT2D eigenvalue weighted by atomic mass is 35.5. The summed E-state index contributed by atoms with van der Waals surface area (Å²) in [5.74, 6) is 0.102. The Morgan fingerprint density at radius 2 is 1.80 bits per heavy atom. The van der Waals surface area contributed by atoms with Gasteiger partial charge in [-0.2, -0.15) is 0 Å². The molecule has 1 aliphatic rings. The molecule has 1 fully saturated rings. The van der Waals surface area contributed by atoms with Crippen molar-refractivity contribution < 1.29 is 13.6 Å². The van der Waals surface area contributed by atoms with Crippen molar-refractivity contribution in [1.29, 1.82) is 0 Å². The van der Waals surface area contributed by atoms with Crippen LogP contribution in [0.3, 0.4) is 0 Å². The van der Waals surface area contributed by atoms with Crippen LogP contribution in [0.2, 0.25) is 0 Å². The van der Waals surface area contributed by atoms with Crippen LogP contribution in [-0.2, 0) is 13.6 Å². The number of likely N-dealkylation sites (tertiary alicyclic amines) is 1. The third-order valence-corrected chi connectivity index (χ3v) is 6.03. The number of halogens is 3. The highest BCUT2D eigenvalue weighted by Crippen LogP contribution is 2.27.